The highest BCUT2D eigenvalue weighted by Crippen LogP contribution is 2.50. The first-order chi connectivity index (χ1) is 8.49. The van der Waals surface area contributed by atoms with Crippen LogP contribution in [0.5, 0.6) is 0 Å². The minimum atomic E-state index is -0.287. The Labute approximate surface area is 110 Å². The van der Waals surface area contributed by atoms with Gasteiger partial charge in [-0.25, -0.2) is 0 Å². The van der Waals surface area contributed by atoms with Crippen molar-refractivity contribution >= 4 is 0 Å². The van der Waals surface area contributed by atoms with Crippen LogP contribution >= 0.6 is 0 Å². The second kappa shape index (κ2) is 5.32. The van der Waals surface area contributed by atoms with Gasteiger partial charge in [-0.2, -0.15) is 0 Å². The van der Waals surface area contributed by atoms with Crippen molar-refractivity contribution in [2.45, 2.75) is 70.4 Å². The number of epoxide rings is 1. The zero-order valence-corrected chi connectivity index (χ0v) is 12.0. The molecule has 1 unspecified atom stereocenters. The number of rotatable bonds is 4. The molecule has 0 bridgehead atoms. The number of methoxy groups -OCH3 is 1. The van der Waals surface area contributed by atoms with Crippen molar-refractivity contribution in [3.05, 3.63) is 11.6 Å². The average molecular weight is 254 g/mol. The predicted octanol–water partition coefficient (Wildman–Crippen LogP) is 2.68. The van der Waals surface area contributed by atoms with Crippen molar-refractivity contribution in [3.8, 4) is 0 Å². The van der Waals surface area contributed by atoms with E-state index in [4.69, 9.17) is 9.47 Å². The van der Waals surface area contributed by atoms with Gasteiger partial charge in [0.1, 0.15) is 5.60 Å². The number of aliphatic hydroxyl groups is 1. The average Bonchev–Trinajstić information content (AvgIpc) is 2.98. The van der Waals surface area contributed by atoms with Gasteiger partial charge in [0, 0.05) is 13.0 Å². The second-order valence-electron chi connectivity index (χ2n) is 6.11. The van der Waals surface area contributed by atoms with E-state index < -0.39 is 0 Å². The van der Waals surface area contributed by atoms with Gasteiger partial charge in [-0.05, 0) is 46.5 Å². The highest BCUT2D eigenvalue weighted by Gasteiger charge is 2.61. The van der Waals surface area contributed by atoms with E-state index >= 15 is 0 Å². The molecule has 0 amide bonds. The molecule has 0 spiro atoms. The summed E-state index contributed by atoms with van der Waals surface area (Å²) in [6.45, 7) is 6.34. The third kappa shape index (κ3) is 2.63. The van der Waals surface area contributed by atoms with Crippen LogP contribution in [-0.2, 0) is 9.47 Å². The van der Waals surface area contributed by atoms with Gasteiger partial charge in [-0.3, -0.25) is 0 Å². The van der Waals surface area contributed by atoms with Crippen molar-refractivity contribution in [1.29, 1.82) is 0 Å². The van der Waals surface area contributed by atoms with Crippen LogP contribution in [0.15, 0.2) is 11.6 Å². The standard InChI is InChI=1S/C15H26O3/c1-10(2)8-9-13-15(3,18-13)14-11(16)6-5-7-12(14)17-4/h8,11-14,16H,5-7,9H2,1-4H3/t11-,12-,13?,14-,15+/m1/s1. The smallest absolute Gasteiger partial charge is 0.100 e. The quantitative estimate of drug-likeness (QED) is 0.619. The Morgan fingerprint density at radius 2 is 2.17 bits per heavy atom. The number of ether oxygens (including phenoxy) is 2. The molecule has 1 heterocycles. The summed E-state index contributed by atoms with van der Waals surface area (Å²) in [5, 5.41) is 10.3. The predicted molar refractivity (Wildman–Crippen MR) is 71.5 cm³/mol. The highest BCUT2D eigenvalue weighted by molar-refractivity contribution is 5.12. The number of hydrogen-bond acceptors (Lipinski definition) is 3. The Morgan fingerprint density at radius 3 is 2.78 bits per heavy atom. The molecule has 5 atom stereocenters. The summed E-state index contributed by atoms with van der Waals surface area (Å²) in [6.07, 6.45) is 6.20. The Hall–Kier alpha value is -0.380. The topological polar surface area (TPSA) is 42.0 Å². The Morgan fingerprint density at radius 1 is 1.44 bits per heavy atom. The van der Waals surface area contributed by atoms with Crippen LogP contribution in [0.3, 0.4) is 0 Å². The Bertz CT molecular complexity index is 322. The third-order valence-corrected chi connectivity index (χ3v) is 4.49. The first kappa shape index (κ1) is 14.0. The van der Waals surface area contributed by atoms with Gasteiger partial charge in [0.25, 0.3) is 0 Å². The summed E-state index contributed by atoms with van der Waals surface area (Å²) in [5.41, 5.74) is 1.12. The summed E-state index contributed by atoms with van der Waals surface area (Å²) in [7, 11) is 1.74. The molecule has 1 saturated heterocycles. The lowest BCUT2D eigenvalue weighted by Crippen LogP contribution is -2.46. The maximum Gasteiger partial charge on any atom is 0.100 e. The molecule has 0 aromatic rings. The zero-order valence-electron chi connectivity index (χ0n) is 12.0. The van der Waals surface area contributed by atoms with Gasteiger partial charge in [-0.15, -0.1) is 0 Å². The van der Waals surface area contributed by atoms with E-state index in [0.717, 1.165) is 25.7 Å². The fourth-order valence-electron chi connectivity index (χ4n) is 3.34. The summed E-state index contributed by atoms with van der Waals surface area (Å²) < 4.78 is 11.5. The van der Waals surface area contributed by atoms with Crippen molar-refractivity contribution in [2.75, 3.05) is 7.11 Å². The molecule has 0 aromatic heterocycles. The fourth-order valence-corrected chi connectivity index (χ4v) is 3.34. The van der Waals surface area contributed by atoms with Gasteiger partial charge < -0.3 is 14.6 Å². The molecule has 0 radical (unpaired) electrons. The van der Waals surface area contributed by atoms with Crippen LogP contribution < -0.4 is 0 Å². The fraction of sp³-hybridized carbons (Fsp3) is 0.867. The Kier molecular flexibility index (Phi) is 4.15. The molecule has 1 aliphatic carbocycles. The summed E-state index contributed by atoms with van der Waals surface area (Å²) in [5.74, 6) is 0.117. The van der Waals surface area contributed by atoms with Gasteiger partial charge in [0.15, 0.2) is 0 Å². The lowest BCUT2D eigenvalue weighted by molar-refractivity contribution is -0.0745. The number of aliphatic hydroxyl groups excluding tert-OH is 1. The molecule has 2 aliphatic rings. The van der Waals surface area contributed by atoms with E-state index in [9.17, 15) is 5.11 Å². The van der Waals surface area contributed by atoms with Crippen LogP contribution in [-0.4, -0.2) is 36.1 Å². The lowest BCUT2D eigenvalue weighted by atomic mass is 9.74. The van der Waals surface area contributed by atoms with E-state index in [1.165, 1.54) is 5.57 Å². The van der Waals surface area contributed by atoms with Crippen molar-refractivity contribution in [3.63, 3.8) is 0 Å². The first-order valence-electron chi connectivity index (χ1n) is 7.01. The molecular formula is C15H26O3. The molecule has 0 aromatic carbocycles. The van der Waals surface area contributed by atoms with Gasteiger partial charge in [-0.1, -0.05) is 11.6 Å². The van der Waals surface area contributed by atoms with Crippen LogP contribution in [0.2, 0.25) is 0 Å². The summed E-state index contributed by atoms with van der Waals surface area (Å²) >= 11 is 0. The van der Waals surface area contributed by atoms with E-state index in [2.05, 4.69) is 26.8 Å². The molecule has 104 valence electrons. The monoisotopic (exact) mass is 254 g/mol. The largest absolute Gasteiger partial charge is 0.393 e. The molecular weight excluding hydrogens is 228 g/mol. The molecule has 1 N–H and O–H groups in total. The van der Waals surface area contributed by atoms with Crippen LogP contribution in [0.25, 0.3) is 0 Å². The van der Waals surface area contributed by atoms with Gasteiger partial charge in [0.2, 0.25) is 0 Å². The Balaban J connectivity index is 2.03. The lowest BCUT2D eigenvalue weighted by Gasteiger charge is -2.37. The van der Waals surface area contributed by atoms with E-state index in [1.807, 2.05) is 0 Å². The number of allylic oxidation sites excluding steroid dienone is 1. The molecule has 3 nitrogen and oxygen atoms in total. The van der Waals surface area contributed by atoms with Crippen LogP contribution in [0, 0.1) is 5.92 Å². The second-order valence-corrected chi connectivity index (χ2v) is 6.11. The van der Waals surface area contributed by atoms with Crippen molar-refractivity contribution in [2.24, 2.45) is 5.92 Å². The molecule has 2 fully saturated rings. The maximum atomic E-state index is 10.3. The molecule has 2 rings (SSSR count). The van der Waals surface area contributed by atoms with Crippen molar-refractivity contribution in [1.82, 2.24) is 0 Å². The highest BCUT2D eigenvalue weighted by atomic mass is 16.6. The SMILES string of the molecule is CO[C@@H]1CCC[C@@H](O)[C@H]1[C@@]1(C)OC1CC=C(C)C. The van der Waals surface area contributed by atoms with Gasteiger partial charge >= 0.3 is 0 Å². The first-order valence-corrected chi connectivity index (χ1v) is 7.01. The van der Waals surface area contributed by atoms with E-state index in [-0.39, 0.29) is 29.8 Å². The van der Waals surface area contributed by atoms with Gasteiger partial charge in [0.05, 0.1) is 18.3 Å². The summed E-state index contributed by atoms with van der Waals surface area (Å²) in [4.78, 5) is 0. The zero-order chi connectivity index (χ0) is 13.3. The van der Waals surface area contributed by atoms with E-state index in [1.54, 1.807) is 7.11 Å². The maximum absolute atomic E-state index is 10.3. The minimum absolute atomic E-state index is 0.117. The molecule has 3 heteroatoms. The summed E-state index contributed by atoms with van der Waals surface area (Å²) in [6, 6.07) is 0. The number of hydrogen-bond donors (Lipinski definition) is 1. The van der Waals surface area contributed by atoms with E-state index in [0.29, 0.717) is 0 Å². The minimum Gasteiger partial charge on any atom is -0.393 e. The molecule has 1 aliphatic heterocycles. The molecule has 1 saturated carbocycles. The van der Waals surface area contributed by atoms with Crippen molar-refractivity contribution < 1.29 is 14.6 Å². The normalized spacial score (nSPS) is 43.6. The molecule has 18 heavy (non-hydrogen) atoms. The third-order valence-electron chi connectivity index (χ3n) is 4.49. The van der Waals surface area contributed by atoms with Crippen LogP contribution in [0.4, 0.5) is 0 Å². The van der Waals surface area contributed by atoms with Crippen LogP contribution in [0.1, 0.15) is 46.5 Å².